The molecule has 0 saturated heterocycles. The van der Waals surface area contributed by atoms with Gasteiger partial charge in [0, 0.05) is 23.0 Å². The summed E-state index contributed by atoms with van der Waals surface area (Å²) >= 11 is 8.71. The Bertz CT molecular complexity index is 291. The van der Waals surface area contributed by atoms with Crippen LogP contribution in [0.25, 0.3) is 0 Å². The molecule has 0 bridgehead atoms. The molecule has 0 N–H and O–H groups in total. The quantitative estimate of drug-likeness (QED) is 0.610. The van der Waals surface area contributed by atoms with Crippen LogP contribution >= 0.6 is 46.8 Å². The van der Waals surface area contributed by atoms with Crippen molar-refractivity contribution in [3.8, 4) is 0 Å². The van der Waals surface area contributed by atoms with Crippen molar-refractivity contribution in [2.45, 2.75) is 23.0 Å². The van der Waals surface area contributed by atoms with Crippen molar-refractivity contribution in [3.63, 3.8) is 0 Å². The van der Waals surface area contributed by atoms with Crippen molar-refractivity contribution in [2.75, 3.05) is 0 Å². The molecule has 4 heteroatoms. The molecule has 0 radical (unpaired) electrons. The highest BCUT2D eigenvalue weighted by Gasteiger charge is 2.12. The second-order valence-corrected chi connectivity index (χ2v) is 6.33. The van der Waals surface area contributed by atoms with Crippen LogP contribution < -0.4 is 0 Å². The highest BCUT2D eigenvalue weighted by Crippen LogP contribution is 2.38. The van der Waals surface area contributed by atoms with Crippen LogP contribution in [0, 0.1) is 0 Å². The van der Waals surface area contributed by atoms with Crippen molar-refractivity contribution < 1.29 is 0 Å². The monoisotopic (exact) mass is 260 g/mol. The minimum Gasteiger partial charge on any atom is -0.175 e. The second kappa shape index (κ2) is 5.10. The molecule has 1 heterocycles. The van der Waals surface area contributed by atoms with E-state index in [1.165, 1.54) is 22.3 Å². The third kappa shape index (κ3) is 2.23. The van der Waals surface area contributed by atoms with Gasteiger partial charge in [0.15, 0.2) is 0 Å². The number of hydrogen-bond donors (Lipinski definition) is 2. The predicted molar refractivity (Wildman–Crippen MR) is 74.4 cm³/mol. The van der Waals surface area contributed by atoms with Gasteiger partial charge in [-0.2, -0.15) is 25.3 Å². The standard InChI is InChI=1S/C10H12S4/c11-3-7-1-9-5-13-14-6-10(9)2-8(7)4-12/h1-2,11-12H,3-6H2. The Morgan fingerprint density at radius 3 is 1.71 bits per heavy atom. The lowest BCUT2D eigenvalue weighted by atomic mass is 10.0. The van der Waals surface area contributed by atoms with Gasteiger partial charge in [0.1, 0.15) is 0 Å². The van der Waals surface area contributed by atoms with Crippen LogP contribution in [0.5, 0.6) is 0 Å². The van der Waals surface area contributed by atoms with Crippen molar-refractivity contribution in [1.29, 1.82) is 0 Å². The number of hydrogen-bond acceptors (Lipinski definition) is 4. The minimum absolute atomic E-state index is 0.820. The van der Waals surface area contributed by atoms with E-state index in [1.807, 2.05) is 21.6 Å². The summed E-state index contributed by atoms with van der Waals surface area (Å²) in [5, 5.41) is 0. The van der Waals surface area contributed by atoms with Gasteiger partial charge in [0.05, 0.1) is 0 Å². The first-order valence-corrected chi connectivity index (χ1v) is 8.20. The third-order valence-electron chi connectivity index (χ3n) is 2.37. The van der Waals surface area contributed by atoms with Crippen molar-refractivity contribution in [2.24, 2.45) is 0 Å². The third-order valence-corrected chi connectivity index (χ3v) is 5.29. The largest absolute Gasteiger partial charge is 0.175 e. The van der Waals surface area contributed by atoms with E-state index in [-0.39, 0.29) is 0 Å². The molecule has 0 fully saturated rings. The molecule has 2 rings (SSSR count). The Balaban J connectivity index is 2.43. The lowest BCUT2D eigenvalue weighted by Gasteiger charge is -2.17. The van der Waals surface area contributed by atoms with Gasteiger partial charge in [0.25, 0.3) is 0 Å². The van der Waals surface area contributed by atoms with Gasteiger partial charge in [0.2, 0.25) is 0 Å². The number of benzene rings is 1. The smallest absolute Gasteiger partial charge is 0.0292 e. The zero-order valence-corrected chi connectivity index (χ0v) is 11.1. The summed E-state index contributed by atoms with van der Waals surface area (Å²) in [5.41, 5.74) is 5.66. The molecule has 1 aromatic carbocycles. The Hall–Kier alpha value is 0.620. The molecule has 1 aliphatic rings. The van der Waals surface area contributed by atoms with E-state index in [9.17, 15) is 0 Å². The summed E-state index contributed by atoms with van der Waals surface area (Å²) in [5.74, 6) is 3.91. The molecule has 14 heavy (non-hydrogen) atoms. The first kappa shape index (κ1) is 11.1. The summed E-state index contributed by atoms with van der Waals surface area (Å²) < 4.78 is 0. The highest BCUT2D eigenvalue weighted by atomic mass is 33.1. The summed E-state index contributed by atoms with van der Waals surface area (Å²) in [6, 6.07) is 4.61. The van der Waals surface area contributed by atoms with Crippen LogP contribution in [-0.2, 0) is 23.0 Å². The maximum absolute atomic E-state index is 4.36. The van der Waals surface area contributed by atoms with Gasteiger partial charge < -0.3 is 0 Å². The highest BCUT2D eigenvalue weighted by molar-refractivity contribution is 8.76. The van der Waals surface area contributed by atoms with Gasteiger partial charge in [-0.3, -0.25) is 0 Å². The fraction of sp³-hybridized carbons (Fsp3) is 0.400. The molecule has 0 atom stereocenters. The Morgan fingerprint density at radius 1 is 0.929 bits per heavy atom. The number of rotatable bonds is 2. The van der Waals surface area contributed by atoms with Gasteiger partial charge in [-0.1, -0.05) is 33.7 Å². The maximum atomic E-state index is 4.36. The SMILES string of the molecule is SCc1cc2c(cc1CS)CSSC2. The van der Waals surface area contributed by atoms with Crippen molar-refractivity contribution in [1.82, 2.24) is 0 Å². The Kier molecular flexibility index (Phi) is 4.05. The summed E-state index contributed by atoms with van der Waals surface area (Å²) in [4.78, 5) is 0. The summed E-state index contributed by atoms with van der Waals surface area (Å²) in [6.07, 6.45) is 0. The van der Waals surface area contributed by atoms with Crippen LogP contribution in [0.3, 0.4) is 0 Å². The lowest BCUT2D eigenvalue weighted by Crippen LogP contribution is -2.00. The fourth-order valence-electron chi connectivity index (χ4n) is 1.56. The van der Waals surface area contributed by atoms with E-state index in [1.54, 1.807) is 0 Å². The molecule has 0 aromatic heterocycles. The Morgan fingerprint density at radius 2 is 1.36 bits per heavy atom. The summed E-state index contributed by atoms with van der Waals surface area (Å²) in [7, 11) is 3.89. The van der Waals surface area contributed by atoms with Crippen LogP contribution in [0.2, 0.25) is 0 Å². The van der Waals surface area contributed by atoms with Crippen LogP contribution in [0.15, 0.2) is 12.1 Å². The molecular weight excluding hydrogens is 248 g/mol. The van der Waals surface area contributed by atoms with Gasteiger partial charge >= 0.3 is 0 Å². The molecular formula is C10H12S4. The van der Waals surface area contributed by atoms with E-state index < -0.39 is 0 Å². The zero-order valence-electron chi connectivity index (χ0n) is 7.69. The van der Waals surface area contributed by atoms with Crippen molar-refractivity contribution >= 4 is 46.8 Å². The molecule has 0 amide bonds. The second-order valence-electron chi connectivity index (χ2n) is 3.23. The first-order valence-electron chi connectivity index (χ1n) is 4.45. The van der Waals surface area contributed by atoms with E-state index in [4.69, 9.17) is 0 Å². The average Bonchev–Trinajstić information content (AvgIpc) is 2.27. The molecule has 0 nitrogen and oxygen atoms in total. The average molecular weight is 260 g/mol. The van der Waals surface area contributed by atoms with E-state index >= 15 is 0 Å². The van der Waals surface area contributed by atoms with Crippen LogP contribution in [-0.4, -0.2) is 0 Å². The number of thiol groups is 2. The van der Waals surface area contributed by atoms with Crippen LogP contribution in [0.1, 0.15) is 22.3 Å². The topological polar surface area (TPSA) is 0 Å². The fourth-order valence-corrected chi connectivity index (χ4v) is 4.37. The van der Waals surface area contributed by atoms with Gasteiger partial charge in [-0.05, 0) is 22.3 Å². The van der Waals surface area contributed by atoms with E-state index in [0.29, 0.717) is 0 Å². The Labute approximate surface area is 104 Å². The van der Waals surface area contributed by atoms with Gasteiger partial charge in [-0.25, -0.2) is 0 Å². The number of fused-ring (bicyclic) bond motifs is 1. The van der Waals surface area contributed by atoms with Gasteiger partial charge in [-0.15, -0.1) is 0 Å². The molecule has 0 unspecified atom stereocenters. The summed E-state index contributed by atoms with van der Waals surface area (Å²) in [6.45, 7) is 0. The lowest BCUT2D eigenvalue weighted by molar-refractivity contribution is 1.19. The first-order chi connectivity index (χ1) is 6.85. The van der Waals surface area contributed by atoms with E-state index in [0.717, 1.165) is 23.0 Å². The predicted octanol–water partition coefficient (Wildman–Crippen LogP) is 3.94. The van der Waals surface area contributed by atoms with E-state index in [2.05, 4.69) is 37.4 Å². The molecule has 76 valence electrons. The maximum Gasteiger partial charge on any atom is 0.0292 e. The molecule has 0 saturated carbocycles. The van der Waals surface area contributed by atoms with Crippen molar-refractivity contribution in [3.05, 3.63) is 34.4 Å². The van der Waals surface area contributed by atoms with Crippen LogP contribution in [0.4, 0.5) is 0 Å². The molecule has 0 aliphatic carbocycles. The zero-order chi connectivity index (χ0) is 9.97. The minimum atomic E-state index is 0.820. The molecule has 1 aromatic rings. The molecule has 0 spiro atoms. The molecule has 1 aliphatic heterocycles. The normalized spacial score (nSPS) is 15.3.